The summed E-state index contributed by atoms with van der Waals surface area (Å²) < 4.78 is 0. The third kappa shape index (κ3) is 34.9. The molecule has 0 aliphatic heterocycles. The summed E-state index contributed by atoms with van der Waals surface area (Å²) >= 11 is 0. The number of hydrogen-bond acceptors (Lipinski definition) is 8. The van der Waals surface area contributed by atoms with Gasteiger partial charge >= 0.3 is 0 Å². The first-order chi connectivity index (χ1) is 20.7. The van der Waals surface area contributed by atoms with Crippen LogP contribution in [0.3, 0.4) is 0 Å². The van der Waals surface area contributed by atoms with E-state index in [1.807, 2.05) is 0 Å². The molecule has 0 radical (unpaired) electrons. The minimum atomic E-state index is 0.186. The molecule has 0 saturated heterocycles. The third-order valence-corrected chi connectivity index (χ3v) is 7.29. The summed E-state index contributed by atoms with van der Waals surface area (Å²) in [6, 6.07) is 0. The third-order valence-electron chi connectivity index (χ3n) is 7.29. The fourth-order valence-corrected chi connectivity index (χ4v) is 4.65. The van der Waals surface area contributed by atoms with Gasteiger partial charge in [0, 0.05) is 25.9 Å². The van der Waals surface area contributed by atoms with E-state index in [1.165, 1.54) is 51.4 Å². The van der Waals surface area contributed by atoms with Gasteiger partial charge < -0.3 is 43.4 Å². The Balaban J connectivity index is 3.23. The Morgan fingerprint density at radius 3 is 0.952 bits per heavy atom. The van der Waals surface area contributed by atoms with Crippen molar-refractivity contribution in [1.82, 2.24) is 31.9 Å². The predicted molar refractivity (Wildman–Crippen MR) is 179 cm³/mol. The van der Waals surface area contributed by atoms with Crippen molar-refractivity contribution in [2.24, 2.45) is 11.5 Å². The van der Waals surface area contributed by atoms with Crippen LogP contribution in [-0.2, 0) is 9.59 Å². The van der Waals surface area contributed by atoms with E-state index in [0.29, 0.717) is 12.8 Å². The molecule has 42 heavy (non-hydrogen) atoms. The molecule has 2 amide bonds. The second kappa shape index (κ2) is 35.9. The van der Waals surface area contributed by atoms with Gasteiger partial charge in [-0.2, -0.15) is 0 Å². The number of unbranched alkanes of at least 4 members (excludes halogenated alkanes) is 9. The molecule has 0 aromatic carbocycles. The van der Waals surface area contributed by atoms with Crippen molar-refractivity contribution in [2.45, 2.75) is 116 Å². The lowest BCUT2D eigenvalue weighted by molar-refractivity contribution is -0.122. The highest BCUT2D eigenvalue weighted by Crippen LogP contribution is 2.10. The molecular formula is C32H70N8O2. The summed E-state index contributed by atoms with van der Waals surface area (Å²) in [7, 11) is 0. The van der Waals surface area contributed by atoms with Gasteiger partial charge in [0.15, 0.2) is 0 Å². The molecule has 0 bridgehead atoms. The van der Waals surface area contributed by atoms with Gasteiger partial charge in [-0.25, -0.2) is 0 Å². The van der Waals surface area contributed by atoms with Crippen LogP contribution in [0.2, 0.25) is 0 Å². The zero-order chi connectivity index (χ0) is 30.6. The standard InChI is InChI=1S/C32H70N8O2/c33-19-13-25-35-21-9-11-23-37-27-15-29-39-31(41)17-7-5-3-1-2-4-6-8-18-32(42)40-30-16-28-38-24-12-10-22-36-26-14-20-34/h35-38H,1-30,33-34H2,(H,39,41)(H,40,42). The van der Waals surface area contributed by atoms with Crippen molar-refractivity contribution in [2.75, 3.05) is 78.5 Å². The molecule has 0 aliphatic carbocycles. The smallest absolute Gasteiger partial charge is 0.219 e. The fraction of sp³-hybridized carbons (Fsp3) is 0.938. The average molecular weight is 599 g/mol. The molecule has 0 aromatic rings. The van der Waals surface area contributed by atoms with E-state index >= 15 is 0 Å². The minimum absolute atomic E-state index is 0.186. The van der Waals surface area contributed by atoms with Crippen molar-refractivity contribution in [3.8, 4) is 0 Å². The molecule has 0 saturated carbocycles. The van der Waals surface area contributed by atoms with Crippen molar-refractivity contribution in [3.05, 3.63) is 0 Å². The molecule has 0 spiro atoms. The largest absolute Gasteiger partial charge is 0.356 e. The summed E-state index contributed by atoms with van der Waals surface area (Å²) in [5.41, 5.74) is 10.9. The van der Waals surface area contributed by atoms with Crippen LogP contribution in [0, 0.1) is 0 Å². The van der Waals surface area contributed by atoms with E-state index in [9.17, 15) is 9.59 Å². The van der Waals surface area contributed by atoms with Crippen LogP contribution in [0.15, 0.2) is 0 Å². The molecule has 10 nitrogen and oxygen atoms in total. The topological polar surface area (TPSA) is 158 Å². The van der Waals surface area contributed by atoms with E-state index in [0.717, 1.165) is 130 Å². The van der Waals surface area contributed by atoms with Gasteiger partial charge in [0.25, 0.3) is 0 Å². The average Bonchev–Trinajstić information content (AvgIpc) is 2.99. The Kier molecular flexibility index (Phi) is 34.8. The van der Waals surface area contributed by atoms with Gasteiger partial charge in [-0.3, -0.25) is 9.59 Å². The maximum Gasteiger partial charge on any atom is 0.219 e. The summed E-state index contributed by atoms with van der Waals surface area (Å²) in [6.07, 6.45) is 19.1. The SMILES string of the molecule is NCCCNCCCCNCCCNC(=O)CCCCCCCCCCC(=O)NCCCNCCCCNCCCN. The van der Waals surface area contributed by atoms with Crippen LogP contribution in [0.1, 0.15) is 116 Å². The van der Waals surface area contributed by atoms with Gasteiger partial charge in [0.1, 0.15) is 0 Å². The first kappa shape index (κ1) is 40.7. The van der Waals surface area contributed by atoms with Crippen molar-refractivity contribution < 1.29 is 9.59 Å². The monoisotopic (exact) mass is 599 g/mol. The highest BCUT2D eigenvalue weighted by atomic mass is 16.2. The van der Waals surface area contributed by atoms with E-state index in [1.54, 1.807) is 0 Å². The lowest BCUT2D eigenvalue weighted by atomic mass is 10.1. The number of hydrogen-bond donors (Lipinski definition) is 8. The Bertz CT molecular complexity index is 521. The second-order valence-corrected chi connectivity index (χ2v) is 11.4. The fourth-order valence-electron chi connectivity index (χ4n) is 4.65. The Labute approximate surface area is 258 Å². The van der Waals surface area contributed by atoms with E-state index < -0.39 is 0 Å². The van der Waals surface area contributed by atoms with Crippen LogP contribution in [0.4, 0.5) is 0 Å². The van der Waals surface area contributed by atoms with Crippen molar-refractivity contribution in [1.29, 1.82) is 0 Å². The Morgan fingerprint density at radius 1 is 0.333 bits per heavy atom. The van der Waals surface area contributed by atoms with Gasteiger partial charge in [-0.05, 0) is 130 Å². The number of carbonyl (C=O) groups is 2. The number of amides is 2. The first-order valence-electron chi connectivity index (χ1n) is 17.5. The zero-order valence-corrected chi connectivity index (χ0v) is 27.2. The summed E-state index contributed by atoms with van der Waals surface area (Å²) in [6.45, 7) is 11.2. The van der Waals surface area contributed by atoms with Gasteiger partial charge in [0.05, 0.1) is 0 Å². The van der Waals surface area contributed by atoms with Crippen LogP contribution in [0.5, 0.6) is 0 Å². The molecule has 0 aliphatic rings. The molecular weight excluding hydrogens is 528 g/mol. The molecule has 0 fully saturated rings. The van der Waals surface area contributed by atoms with Crippen LogP contribution >= 0.6 is 0 Å². The number of rotatable bonds is 35. The van der Waals surface area contributed by atoms with Crippen LogP contribution in [-0.4, -0.2) is 90.4 Å². The maximum absolute atomic E-state index is 12.0. The molecule has 0 atom stereocenters. The van der Waals surface area contributed by atoms with E-state index in [2.05, 4.69) is 31.9 Å². The van der Waals surface area contributed by atoms with Crippen LogP contribution < -0.4 is 43.4 Å². The maximum atomic E-state index is 12.0. The van der Waals surface area contributed by atoms with Gasteiger partial charge in [-0.15, -0.1) is 0 Å². The van der Waals surface area contributed by atoms with E-state index in [4.69, 9.17) is 11.5 Å². The lowest BCUT2D eigenvalue weighted by Crippen LogP contribution is -2.27. The summed E-state index contributed by atoms with van der Waals surface area (Å²) in [4.78, 5) is 24.0. The van der Waals surface area contributed by atoms with Crippen molar-refractivity contribution >= 4 is 11.8 Å². The van der Waals surface area contributed by atoms with E-state index in [-0.39, 0.29) is 11.8 Å². The quantitative estimate of drug-likeness (QED) is 0.0517. The van der Waals surface area contributed by atoms with Crippen LogP contribution in [0.25, 0.3) is 0 Å². The normalized spacial score (nSPS) is 11.2. The van der Waals surface area contributed by atoms with Crippen molar-refractivity contribution in [3.63, 3.8) is 0 Å². The summed E-state index contributed by atoms with van der Waals surface area (Å²) in [5.74, 6) is 0.373. The Hall–Kier alpha value is -1.30. The van der Waals surface area contributed by atoms with Gasteiger partial charge in [-0.1, -0.05) is 38.5 Å². The Morgan fingerprint density at radius 2 is 0.619 bits per heavy atom. The molecule has 0 unspecified atom stereocenters. The highest BCUT2D eigenvalue weighted by molar-refractivity contribution is 5.76. The zero-order valence-electron chi connectivity index (χ0n) is 27.2. The molecule has 10 heteroatoms. The molecule has 10 N–H and O–H groups in total. The first-order valence-corrected chi connectivity index (χ1v) is 17.5. The lowest BCUT2D eigenvalue weighted by Gasteiger charge is -2.08. The molecule has 0 aromatic heterocycles. The number of nitrogens with two attached hydrogens (primary N) is 2. The molecule has 0 rings (SSSR count). The second-order valence-electron chi connectivity index (χ2n) is 11.4. The summed E-state index contributed by atoms with van der Waals surface area (Å²) in [5, 5.41) is 19.8. The number of nitrogens with one attached hydrogen (secondary N) is 6. The minimum Gasteiger partial charge on any atom is -0.356 e. The number of carbonyl (C=O) groups excluding carboxylic acids is 2. The molecule has 250 valence electrons. The van der Waals surface area contributed by atoms with Gasteiger partial charge in [0.2, 0.25) is 11.8 Å². The predicted octanol–water partition coefficient (Wildman–Crippen LogP) is 2.52. The highest BCUT2D eigenvalue weighted by Gasteiger charge is 2.02. The molecule has 0 heterocycles.